The fourth-order valence-electron chi connectivity index (χ4n) is 0.841. The van der Waals surface area contributed by atoms with Crippen LogP contribution in [0.15, 0.2) is 12.7 Å². The van der Waals surface area contributed by atoms with Gasteiger partial charge in [0.1, 0.15) is 0 Å². The maximum atomic E-state index is 5.42. The molecule has 0 saturated carbocycles. The van der Waals surface area contributed by atoms with Gasteiger partial charge in [-0.05, 0) is 25.3 Å². The van der Waals surface area contributed by atoms with Crippen LogP contribution in [-0.2, 0) is 4.74 Å². The molecular weight excluding hydrogens is 152 g/mol. The molecule has 2 heteroatoms. The van der Waals surface area contributed by atoms with E-state index in [9.17, 15) is 0 Å². The van der Waals surface area contributed by atoms with Gasteiger partial charge in [-0.25, -0.2) is 0 Å². The van der Waals surface area contributed by atoms with Crippen LogP contribution >= 0.6 is 0 Å². The van der Waals surface area contributed by atoms with Crippen molar-refractivity contribution in [2.75, 3.05) is 13.2 Å². The van der Waals surface area contributed by atoms with Crippen LogP contribution in [0.25, 0.3) is 0 Å². The normalized spacial score (nSPS) is 11.0. The molecule has 0 heterocycles. The van der Waals surface area contributed by atoms with Gasteiger partial charge in [-0.3, -0.25) is 0 Å². The molecule has 0 bridgehead atoms. The highest BCUT2D eigenvalue weighted by Gasteiger charge is 1.87. The molecule has 0 aliphatic heterocycles. The topological polar surface area (TPSA) is 9.23 Å². The molecule has 0 fully saturated rings. The SMILES string of the molecule is C=CCCCCOCC[SiH2]C. The Bertz CT molecular complexity index is 83.6. The number of rotatable bonds is 8. The third-order valence-electron chi connectivity index (χ3n) is 1.59. The summed E-state index contributed by atoms with van der Waals surface area (Å²) in [7, 11) is 0.229. The molecule has 0 unspecified atom stereocenters. The number of unbranched alkanes of at least 4 members (excludes halogenated alkanes) is 2. The summed E-state index contributed by atoms with van der Waals surface area (Å²) in [5, 5.41) is 0. The summed E-state index contributed by atoms with van der Waals surface area (Å²) in [6.07, 6.45) is 5.52. The maximum absolute atomic E-state index is 5.42. The predicted octanol–water partition coefficient (Wildman–Crippen LogP) is 1.99. The average molecular weight is 172 g/mol. The zero-order valence-corrected chi connectivity index (χ0v) is 9.06. The van der Waals surface area contributed by atoms with Crippen molar-refractivity contribution in [1.82, 2.24) is 0 Å². The quantitative estimate of drug-likeness (QED) is 0.309. The average Bonchev–Trinajstić information content (AvgIpc) is 2.03. The van der Waals surface area contributed by atoms with Crippen LogP contribution in [0, 0.1) is 0 Å². The Hall–Kier alpha value is -0.0831. The first-order valence-electron chi connectivity index (χ1n) is 4.60. The van der Waals surface area contributed by atoms with E-state index in [1.165, 1.54) is 18.9 Å². The third kappa shape index (κ3) is 9.92. The fourth-order valence-corrected chi connectivity index (χ4v) is 1.33. The molecule has 0 radical (unpaired) electrons. The highest BCUT2D eigenvalue weighted by molar-refractivity contribution is 6.33. The first kappa shape index (κ1) is 10.9. The molecule has 0 aromatic heterocycles. The van der Waals surface area contributed by atoms with Gasteiger partial charge in [0.25, 0.3) is 0 Å². The summed E-state index contributed by atoms with van der Waals surface area (Å²) < 4.78 is 5.42. The third-order valence-corrected chi connectivity index (χ3v) is 2.58. The molecule has 1 nitrogen and oxygen atoms in total. The van der Waals surface area contributed by atoms with Crippen molar-refractivity contribution >= 4 is 9.52 Å². The van der Waals surface area contributed by atoms with Gasteiger partial charge in [0.05, 0.1) is 0 Å². The Morgan fingerprint density at radius 3 is 2.82 bits per heavy atom. The van der Waals surface area contributed by atoms with Gasteiger partial charge in [-0.15, -0.1) is 6.58 Å². The fraction of sp³-hybridized carbons (Fsp3) is 0.778. The van der Waals surface area contributed by atoms with Crippen molar-refractivity contribution in [3.63, 3.8) is 0 Å². The number of hydrogen-bond donors (Lipinski definition) is 0. The summed E-state index contributed by atoms with van der Waals surface area (Å²) in [5.74, 6) is 0. The molecule has 0 saturated heterocycles. The van der Waals surface area contributed by atoms with Crippen molar-refractivity contribution in [3.05, 3.63) is 12.7 Å². The molecule has 0 aromatic rings. The van der Waals surface area contributed by atoms with E-state index in [0.29, 0.717) is 0 Å². The Morgan fingerprint density at radius 2 is 2.18 bits per heavy atom. The zero-order valence-electron chi connectivity index (χ0n) is 7.64. The first-order valence-corrected chi connectivity index (χ1v) is 7.02. The molecule has 0 N–H and O–H groups in total. The second kappa shape index (κ2) is 9.92. The summed E-state index contributed by atoms with van der Waals surface area (Å²) in [6.45, 7) is 7.94. The second-order valence-corrected chi connectivity index (χ2v) is 4.46. The lowest BCUT2D eigenvalue weighted by atomic mass is 10.2. The van der Waals surface area contributed by atoms with Crippen LogP contribution in [0.5, 0.6) is 0 Å². The van der Waals surface area contributed by atoms with E-state index in [0.717, 1.165) is 19.6 Å². The van der Waals surface area contributed by atoms with Crippen molar-refractivity contribution in [2.24, 2.45) is 0 Å². The number of allylic oxidation sites excluding steroid dienone is 1. The van der Waals surface area contributed by atoms with E-state index in [-0.39, 0.29) is 9.52 Å². The van der Waals surface area contributed by atoms with E-state index < -0.39 is 0 Å². The van der Waals surface area contributed by atoms with E-state index in [1.807, 2.05) is 6.08 Å². The van der Waals surface area contributed by atoms with Gasteiger partial charge in [-0.1, -0.05) is 12.6 Å². The Balaban J connectivity index is 2.74. The van der Waals surface area contributed by atoms with Crippen LogP contribution < -0.4 is 0 Å². The predicted molar refractivity (Wildman–Crippen MR) is 54.1 cm³/mol. The van der Waals surface area contributed by atoms with Gasteiger partial charge in [-0.2, -0.15) is 0 Å². The summed E-state index contributed by atoms with van der Waals surface area (Å²) in [6, 6.07) is 1.33. The van der Waals surface area contributed by atoms with Crippen molar-refractivity contribution in [1.29, 1.82) is 0 Å². The minimum Gasteiger partial charge on any atom is -0.382 e. The van der Waals surface area contributed by atoms with Gasteiger partial charge in [0.2, 0.25) is 0 Å². The zero-order chi connectivity index (χ0) is 8.36. The van der Waals surface area contributed by atoms with Crippen LogP contribution in [-0.4, -0.2) is 22.7 Å². The lowest BCUT2D eigenvalue weighted by Crippen LogP contribution is -1.98. The molecule has 0 aromatic carbocycles. The molecule has 0 spiro atoms. The smallest absolute Gasteiger partial charge is 0.0465 e. The highest BCUT2D eigenvalue weighted by Crippen LogP contribution is 1.96. The summed E-state index contributed by atoms with van der Waals surface area (Å²) in [5.41, 5.74) is 0. The van der Waals surface area contributed by atoms with Crippen LogP contribution in [0.1, 0.15) is 19.3 Å². The molecule has 0 atom stereocenters. The van der Waals surface area contributed by atoms with E-state index in [2.05, 4.69) is 13.1 Å². The first-order chi connectivity index (χ1) is 5.41. The molecular formula is C9H20OSi. The largest absolute Gasteiger partial charge is 0.382 e. The lowest BCUT2D eigenvalue weighted by Gasteiger charge is -2.00. The Kier molecular flexibility index (Phi) is 9.84. The van der Waals surface area contributed by atoms with Crippen LogP contribution in [0.4, 0.5) is 0 Å². The molecule has 0 aliphatic carbocycles. The van der Waals surface area contributed by atoms with Crippen LogP contribution in [0.2, 0.25) is 12.6 Å². The van der Waals surface area contributed by atoms with Gasteiger partial charge in [0, 0.05) is 22.7 Å². The minimum absolute atomic E-state index is 0.229. The number of ether oxygens (including phenoxy) is 1. The lowest BCUT2D eigenvalue weighted by molar-refractivity contribution is 0.143. The molecule has 11 heavy (non-hydrogen) atoms. The molecule has 0 aliphatic rings. The van der Waals surface area contributed by atoms with Crippen molar-refractivity contribution in [2.45, 2.75) is 31.9 Å². The van der Waals surface area contributed by atoms with Gasteiger partial charge >= 0.3 is 0 Å². The standard InChI is InChI=1S/C9H20OSi/c1-3-4-5-6-7-10-8-9-11-2/h3H,1,4-9,11H2,2H3. The van der Waals surface area contributed by atoms with Crippen molar-refractivity contribution < 1.29 is 4.74 Å². The molecule has 0 amide bonds. The summed E-state index contributed by atoms with van der Waals surface area (Å²) >= 11 is 0. The minimum atomic E-state index is 0.229. The van der Waals surface area contributed by atoms with Gasteiger partial charge in [0.15, 0.2) is 0 Å². The highest BCUT2D eigenvalue weighted by atomic mass is 28.2. The van der Waals surface area contributed by atoms with E-state index in [4.69, 9.17) is 4.74 Å². The van der Waals surface area contributed by atoms with Crippen molar-refractivity contribution in [3.8, 4) is 0 Å². The summed E-state index contributed by atoms with van der Waals surface area (Å²) in [4.78, 5) is 0. The van der Waals surface area contributed by atoms with E-state index >= 15 is 0 Å². The molecule has 66 valence electrons. The van der Waals surface area contributed by atoms with Crippen LogP contribution in [0.3, 0.4) is 0 Å². The maximum Gasteiger partial charge on any atom is 0.0465 e. The Morgan fingerprint density at radius 1 is 1.36 bits per heavy atom. The van der Waals surface area contributed by atoms with E-state index in [1.54, 1.807) is 0 Å². The second-order valence-electron chi connectivity index (χ2n) is 2.75. The molecule has 0 rings (SSSR count). The monoisotopic (exact) mass is 172 g/mol. The number of hydrogen-bond acceptors (Lipinski definition) is 1. The van der Waals surface area contributed by atoms with Gasteiger partial charge < -0.3 is 4.74 Å². The Labute approximate surface area is 72.7 Å².